The second kappa shape index (κ2) is 11.9. The van der Waals surface area contributed by atoms with Crippen molar-refractivity contribution >= 4 is 0 Å². The van der Waals surface area contributed by atoms with Crippen molar-refractivity contribution in [2.45, 2.75) is 89.9 Å². The fourth-order valence-electron chi connectivity index (χ4n) is 4.68. The summed E-state index contributed by atoms with van der Waals surface area (Å²) in [6, 6.07) is 3.77. The van der Waals surface area contributed by atoms with E-state index < -0.39 is 17.2 Å². The van der Waals surface area contributed by atoms with Crippen LogP contribution in [0.2, 0.25) is 0 Å². The molecule has 0 atom stereocenters. The van der Waals surface area contributed by atoms with Crippen LogP contribution in [0.5, 0.6) is 0 Å². The van der Waals surface area contributed by atoms with E-state index in [9.17, 15) is 8.78 Å². The standard InChI is InChI=1S/C26H33F2N3/c1-2-3-4-5-6-7-8-9-19-10-12-20(13-11-19)22-17-30-26(31-18-22)21-14-24(27)23(16-29)25(28)15-21/h14-15,17-20H,2-13H2,1H3. The van der Waals surface area contributed by atoms with Gasteiger partial charge in [0.05, 0.1) is 0 Å². The van der Waals surface area contributed by atoms with Crippen LogP contribution < -0.4 is 0 Å². The van der Waals surface area contributed by atoms with E-state index in [0.717, 1.165) is 36.5 Å². The fourth-order valence-corrected chi connectivity index (χ4v) is 4.68. The third kappa shape index (κ3) is 6.56. The van der Waals surface area contributed by atoms with Crippen molar-refractivity contribution in [2.75, 3.05) is 0 Å². The van der Waals surface area contributed by atoms with Gasteiger partial charge in [-0.1, -0.05) is 58.3 Å². The molecule has 1 aromatic heterocycles. The first-order chi connectivity index (χ1) is 15.1. The Morgan fingerprint density at radius 3 is 2.06 bits per heavy atom. The Morgan fingerprint density at radius 1 is 0.903 bits per heavy atom. The Balaban J connectivity index is 1.46. The molecule has 0 spiro atoms. The van der Waals surface area contributed by atoms with Crippen molar-refractivity contribution in [3.05, 3.63) is 47.3 Å². The van der Waals surface area contributed by atoms with Crippen LogP contribution in [0.25, 0.3) is 11.4 Å². The van der Waals surface area contributed by atoms with Crippen LogP contribution in [0, 0.1) is 28.9 Å². The van der Waals surface area contributed by atoms with Crippen molar-refractivity contribution in [3.8, 4) is 17.5 Å². The van der Waals surface area contributed by atoms with Crippen molar-refractivity contribution in [1.82, 2.24) is 9.97 Å². The van der Waals surface area contributed by atoms with Gasteiger partial charge < -0.3 is 0 Å². The van der Waals surface area contributed by atoms with Crippen LogP contribution in [0.3, 0.4) is 0 Å². The minimum atomic E-state index is -0.885. The van der Waals surface area contributed by atoms with E-state index in [1.165, 1.54) is 70.3 Å². The van der Waals surface area contributed by atoms with Crippen LogP contribution >= 0.6 is 0 Å². The molecule has 0 aliphatic heterocycles. The molecule has 166 valence electrons. The molecule has 0 N–H and O–H groups in total. The molecule has 3 rings (SSSR count). The average Bonchev–Trinajstić information content (AvgIpc) is 2.79. The van der Waals surface area contributed by atoms with Gasteiger partial charge in [0.2, 0.25) is 0 Å². The van der Waals surface area contributed by atoms with E-state index in [4.69, 9.17) is 5.26 Å². The molecule has 0 saturated heterocycles. The molecule has 5 heteroatoms. The number of benzene rings is 1. The maximum Gasteiger partial charge on any atom is 0.159 e. The summed E-state index contributed by atoms with van der Waals surface area (Å²) in [6.45, 7) is 2.26. The second-order valence-electron chi connectivity index (χ2n) is 8.89. The third-order valence-corrected chi connectivity index (χ3v) is 6.62. The maximum absolute atomic E-state index is 13.9. The number of nitriles is 1. The molecule has 1 fully saturated rings. The lowest BCUT2D eigenvalue weighted by Gasteiger charge is -2.28. The number of nitrogens with zero attached hydrogens (tertiary/aromatic N) is 3. The summed E-state index contributed by atoms with van der Waals surface area (Å²) < 4.78 is 27.7. The maximum atomic E-state index is 13.9. The Bertz CT molecular complexity index is 842. The lowest BCUT2D eigenvalue weighted by Crippen LogP contribution is -2.14. The van der Waals surface area contributed by atoms with Crippen LogP contribution in [0.1, 0.15) is 101 Å². The molecular weight excluding hydrogens is 392 g/mol. The zero-order valence-electron chi connectivity index (χ0n) is 18.5. The Morgan fingerprint density at radius 2 is 1.48 bits per heavy atom. The molecule has 2 aromatic rings. The van der Waals surface area contributed by atoms with Crippen LogP contribution in [-0.2, 0) is 0 Å². The van der Waals surface area contributed by atoms with Crippen molar-refractivity contribution in [1.29, 1.82) is 5.26 Å². The Kier molecular flexibility index (Phi) is 8.94. The average molecular weight is 426 g/mol. The highest BCUT2D eigenvalue weighted by Gasteiger charge is 2.23. The molecule has 0 radical (unpaired) electrons. The van der Waals surface area contributed by atoms with Gasteiger partial charge in [0.15, 0.2) is 5.82 Å². The highest BCUT2D eigenvalue weighted by atomic mass is 19.1. The van der Waals surface area contributed by atoms with Crippen LogP contribution in [-0.4, -0.2) is 9.97 Å². The first kappa shape index (κ1) is 23.3. The van der Waals surface area contributed by atoms with Crippen molar-refractivity contribution < 1.29 is 8.78 Å². The molecule has 1 heterocycles. The number of hydrogen-bond acceptors (Lipinski definition) is 3. The first-order valence-electron chi connectivity index (χ1n) is 11.8. The predicted octanol–water partition coefficient (Wildman–Crippen LogP) is 7.71. The minimum absolute atomic E-state index is 0.249. The molecule has 31 heavy (non-hydrogen) atoms. The van der Waals surface area contributed by atoms with Gasteiger partial charge in [0, 0.05) is 18.0 Å². The van der Waals surface area contributed by atoms with E-state index in [1.807, 2.05) is 0 Å². The molecule has 1 aliphatic carbocycles. The van der Waals surface area contributed by atoms with E-state index >= 15 is 0 Å². The monoisotopic (exact) mass is 425 g/mol. The van der Waals surface area contributed by atoms with Gasteiger partial charge >= 0.3 is 0 Å². The minimum Gasteiger partial charge on any atom is -0.236 e. The summed E-state index contributed by atoms with van der Waals surface area (Å²) in [5.41, 5.74) is 0.778. The Hall–Kier alpha value is -2.35. The van der Waals surface area contributed by atoms with E-state index in [2.05, 4.69) is 16.9 Å². The van der Waals surface area contributed by atoms with Gasteiger partial charge in [-0.3, -0.25) is 0 Å². The van der Waals surface area contributed by atoms with Gasteiger partial charge in [-0.05, 0) is 55.2 Å². The number of halogens is 2. The Labute approximate surface area is 184 Å². The summed E-state index contributed by atoms with van der Waals surface area (Å²) in [5.74, 6) is -0.182. The smallest absolute Gasteiger partial charge is 0.159 e. The summed E-state index contributed by atoms with van der Waals surface area (Å²) in [6.07, 6.45) is 19.3. The summed E-state index contributed by atoms with van der Waals surface area (Å²) in [5, 5.41) is 8.80. The molecule has 1 saturated carbocycles. The third-order valence-electron chi connectivity index (χ3n) is 6.62. The van der Waals surface area contributed by atoms with Crippen LogP contribution in [0.4, 0.5) is 8.78 Å². The molecule has 0 bridgehead atoms. The normalized spacial score (nSPS) is 18.6. The predicted molar refractivity (Wildman–Crippen MR) is 119 cm³/mol. The summed E-state index contributed by atoms with van der Waals surface area (Å²) >= 11 is 0. The number of unbranched alkanes of at least 4 members (excludes halogenated alkanes) is 6. The molecule has 0 amide bonds. The lowest BCUT2D eigenvalue weighted by atomic mass is 9.77. The molecule has 0 unspecified atom stereocenters. The van der Waals surface area contributed by atoms with Gasteiger partial charge in [-0.15, -0.1) is 0 Å². The van der Waals surface area contributed by atoms with Gasteiger partial charge in [-0.25, -0.2) is 18.7 Å². The molecule has 1 aromatic carbocycles. The number of rotatable bonds is 10. The van der Waals surface area contributed by atoms with E-state index in [1.54, 1.807) is 12.4 Å². The first-order valence-corrected chi connectivity index (χ1v) is 11.8. The van der Waals surface area contributed by atoms with E-state index in [0.29, 0.717) is 5.92 Å². The SMILES string of the molecule is CCCCCCCCCC1CCC(c2cnc(-c3cc(F)c(C#N)c(F)c3)nc2)CC1. The number of aromatic nitrogens is 2. The molecule has 3 nitrogen and oxygen atoms in total. The quantitative estimate of drug-likeness (QED) is 0.366. The van der Waals surface area contributed by atoms with E-state index in [-0.39, 0.29) is 11.4 Å². The highest BCUT2D eigenvalue weighted by molar-refractivity contribution is 5.57. The van der Waals surface area contributed by atoms with Gasteiger partial charge in [-0.2, -0.15) is 5.26 Å². The summed E-state index contributed by atoms with van der Waals surface area (Å²) in [7, 11) is 0. The van der Waals surface area contributed by atoms with Crippen molar-refractivity contribution in [2.24, 2.45) is 5.92 Å². The fraction of sp³-hybridized carbons (Fsp3) is 0.577. The lowest BCUT2D eigenvalue weighted by molar-refractivity contribution is 0.301. The largest absolute Gasteiger partial charge is 0.236 e. The van der Waals surface area contributed by atoms with Gasteiger partial charge in [0.25, 0.3) is 0 Å². The summed E-state index contributed by atoms with van der Waals surface area (Å²) in [4.78, 5) is 8.69. The zero-order valence-corrected chi connectivity index (χ0v) is 18.5. The van der Waals surface area contributed by atoms with Crippen LogP contribution in [0.15, 0.2) is 24.5 Å². The van der Waals surface area contributed by atoms with Crippen molar-refractivity contribution in [3.63, 3.8) is 0 Å². The number of hydrogen-bond donors (Lipinski definition) is 0. The molecular formula is C26H33F2N3. The zero-order chi connectivity index (χ0) is 22.1. The van der Waals surface area contributed by atoms with Gasteiger partial charge in [0.1, 0.15) is 23.3 Å². The molecule has 1 aliphatic rings. The second-order valence-corrected chi connectivity index (χ2v) is 8.89. The highest BCUT2D eigenvalue weighted by Crippen LogP contribution is 2.37. The topological polar surface area (TPSA) is 49.6 Å².